The molecule has 11 heavy (non-hydrogen) atoms. The predicted octanol–water partition coefficient (Wildman–Crippen LogP) is 0.271. The summed E-state index contributed by atoms with van der Waals surface area (Å²) in [5.41, 5.74) is 0.785. The van der Waals surface area contributed by atoms with Crippen molar-refractivity contribution in [1.29, 1.82) is 5.41 Å². The summed E-state index contributed by atoms with van der Waals surface area (Å²) in [4.78, 5) is 1.77. The molecule has 0 radical (unpaired) electrons. The zero-order chi connectivity index (χ0) is 8.43. The van der Waals surface area contributed by atoms with Gasteiger partial charge < -0.3 is 10.1 Å². The van der Waals surface area contributed by atoms with Crippen molar-refractivity contribution in [3.8, 4) is 0 Å². The minimum atomic E-state index is 0.0949. The van der Waals surface area contributed by atoms with Gasteiger partial charge in [0.2, 0.25) is 0 Å². The molecule has 60 valence electrons. The molecule has 4 nitrogen and oxygen atoms in total. The van der Waals surface area contributed by atoms with Crippen LogP contribution in [0.3, 0.4) is 0 Å². The van der Waals surface area contributed by atoms with E-state index in [1.165, 1.54) is 6.20 Å². The number of hydrogen-bond donors (Lipinski definition) is 2. The number of nitrogens with zero attached hydrogens (tertiary/aromatic N) is 2. The van der Waals surface area contributed by atoms with Gasteiger partial charge in [-0.2, -0.15) is 4.73 Å². The van der Waals surface area contributed by atoms with E-state index >= 15 is 0 Å². The van der Waals surface area contributed by atoms with Crippen molar-refractivity contribution in [2.75, 3.05) is 19.0 Å². The highest BCUT2D eigenvalue weighted by molar-refractivity contribution is 5.40. The van der Waals surface area contributed by atoms with Gasteiger partial charge in [-0.15, -0.1) is 0 Å². The van der Waals surface area contributed by atoms with Crippen LogP contribution in [0.25, 0.3) is 0 Å². The predicted molar refractivity (Wildman–Crippen MR) is 41.8 cm³/mol. The second kappa shape index (κ2) is 2.65. The molecule has 0 aliphatic carbocycles. The van der Waals surface area contributed by atoms with Crippen LogP contribution in [0.1, 0.15) is 0 Å². The quantitative estimate of drug-likeness (QED) is 0.569. The Morgan fingerprint density at radius 2 is 2.18 bits per heavy atom. The number of rotatable bonds is 1. The van der Waals surface area contributed by atoms with E-state index in [-0.39, 0.29) is 5.49 Å². The van der Waals surface area contributed by atoms with E-state index in [0.29, 0.717) is 5.69 Å². The molecule has 1 aromatic rings. The highest BCUT2D eigenvalue weighted by atomic mass is 16.5. The van der Waals surface area contributed by atoms with Crippen molar-refractivity contribution >= 4 is 5.69 Å². The van der Waals surface area contributed by atoms with E-state index in [1.54, 1.807) is 17.0 Å². The van der Waals surface area contributed by atoms with Crippen molar-refractivity contribution in [3.05, 3.63) is 23.8 Å². The summed E-state index contributed by atoms with van der Waals surface area (Å²) in [6.45, 7) is 0. The molecule has 0 aliphatic heterocycles. The fourth-order valence-corrected chi connectivity index (χ4v) is 0.847. The van der Waals surface area contributed by atoms with Gasteiger partial charge in [0.05, 0.1) is 5.69 Å². The second-order valence-corrected chi connectivity index (χ2v) is 2.48. The Balaban J connectivity index is 3.28. The molecule has 0 saturated carbocycles. The number of hydrogen-bond acceptors (Lipinski definition) is 3. The Morgan fingerprint density at radius 1 is 1.55 bits per heavy atom. The average molecular weight is 153 g/mol. The van der Waals surface area contributed by atoms with E-state index < -0.39 is 0 Å². The van der Waals surface area contributed by atoms with Crippen LogP contribution in [-0.4, -0.2) is 24.0 Å². The Hall–Kier alpha value is -1.45. The van der Waals surface area contributed by atoms with E-state index in [4.69, 9.17) is 10.6 Å². The van der Waals surface area contributed by atoms with E-state index in [0.717, 1.165) is 4.73 Å². The minimum Gasteiger partial charge on any atom is -0.427 e. The van der Waals surface area contributed by atoms with Crippen LogP contribution in [-0.2, 0) is 0 Å². The average Bonchev–Trinajstić information content (AvgIpc) is 1.94. The third kappa shape index (κ3) is 1.34. The molecule has 0 amide bonds. The first kappa shape index (κ1) is 7.65. The van der Waals surface area contributed by atoms with Crippen LogP contribution >= 0.6 is 0 Å². The number of anilines is 1. The maximum Gasteiger partial charge on any atom is 0.184 e. The third-order valence-electron chi connectivity index (χ3n) is 1.43. The molecule has 0 aliphatic rings. The molecule has 0 saturated heterocycles. The van der Waals surface area contributed by atoms with E-state index in [9.17, 15) is 0 Å². The largest absolute Gasteiger partial charge is 0.427 e. The maximum atomic E-state index is 9.05. The first-order valence-corrected chi connectivity index (χ1v) is 3.26. The Morgan fingerprint density at radius 3 is 2.64 bits per heavy atom. The lowest BCUT2D eigenvalue weighted by Crippen LogP contribution is -2.25. The molecule has 1 rings (SSSR count). The summed E-state index contributed by atoms with van der Waals surface area (Å²) in [6, 6.07) is 3.46. The first-order valence-electron chi connectivity index (χ1n) is 3.26. The van der Waals surface area contributed by atoms with Gasteiger partial charge in [0.25, 0.3) is 0 Å². The highest BCUT2D eigenvalue weighted by Crippen LogP contribution is 2.00. The maximum absolute atomic E-state index is 9.05. The number of aromatic nitrogens is 1. The monoisotopic (exact) mass is 153 g/mol. The van der Waals surface area contributed by atoms with Crippen LogP contribution in [0.5, 0.6) is 0 Å². The minimum absolute atomic E-state index is 0.0949. The van der Waals surface area contributed by atoms with Gasteiger partial charge in [-0.3, -0.25) is 5.41 Å². The lowest BCUT2D eigenvalue weighted by atomic mass is 10.4. The fraction of sp³-hybridized carbons (Fsp3) is 0.286. The summed E-state index contributed by atoms with van der Waals surface area (Å²) in [7, 11) is 3.65. The molecule has 2 N–H and O–H groups in total. The molecule has 0 bridgehead atoms. The molecule has 0 spiro atoms. The van der Waals surface area contributed by atoms with Gasteiger partial charge >= 0.3 is 0 Å². The fourth-order valence-electron chi connectivity index (χ4n) is 0.847. The molecular weight excluding hydrogens is 142 g/mol. The Bertz CT molecular complexity index is 303. The van der Waals surface area contributed by atoms with Gasteiger partial charge in [0, 0.05) is 20.3 Å². The molecular formula is C7H11N3O. The van der Waals surface area contributed by atoms with Crippen LogP contribution in [0.15, 0.2) is 18.3 Å². The van der Waals surface area contributed by atoms with Crippen LogP contribution in [0, 0.1) is 5.41 Å². The summed E-state index contributed by atoms with van der Waals surface area (Å²) >= 11 is 0. The Labute approximate surface area is 64.8 Å². The number of pyridine rings is 1. The first-order chi connectivity index (χ1) is 5.13. The SMILES string of the molecule is CN(C)c1cccn(O)c1=N. The van der Waals surface area contributed by atoms with Gasteiger partial charge in [0.15, 0.2) is 5.49 Å². The standard InChI is InChI=1S/C7H11N3O/c1-9(2)6-4-3-5-10(11)7(6)8/h3-5,8,11H,1-2H3. The van der Waals surface area contributed by atoms with Crippen molar-refractivity contribution in [2.24, 2.45) is 0 Å². The Kier molecular flexibility index (Phi) is 1.85. The molecule has 1 aromatic heterocycles. The smallest absolute Gasteiger partial charge is 0.184 e. The van der Waals surface area contributed by atoms with Crippen molar-refractivity contribution in [3.63, 3.8) is 0 Å². The molecule has 0 unspecified atom stereocenters. The zero-order valence-electron chi connectivity index (χ0n) is 6.57. The van der Waals surface area contributed by atoms with Crippen LogP contribution in [0.4, 0.5) is 5.69 Å². The lowest BCUT2D eigenvalue weighted by molar-refractivity contribution is 0.171. The van der Waals surface area contributed by atoms with Crippen LogP contribution < -0.4 is 10.4 Å². The summed E-state index contributed by atoms with van der Waals surface area (Å²) in [6.07, 6.45) is 1.43. The normalized spacial score (nSPS) is 9.64. The molecule has 0 fully saturated rings. The lowest BCUT2D eigenvalue weighted by Gasteiger charge is -2.12. The van der Waals surface area contributed by atoms with Crippen molar-refractivity contribution in [2.45, 2.75) is 0 Å². The molecule has 0 aromatic carbocycles. The van der Waals surface area contributed by atoms with Crippen LogP contribution in [0.2, 0.25) is 0 Å². The van der Waals surface area contributed by atoms with E-state index in [2.05, 4.69) is 0 Å². The topological polar surface area (TPSA) is 52.2 Å². The zero-order valence-corrected chi connectivity index (χ0v) is 6.57. The summed E-state index contributed by atoms with van der Waals surface area (Å²) < 4.78 is 0.787. The van der Waals surface area contributed by atoms with Gasteiger partial charge in [-0.1, -0.05) is 0 Å². The van der Waals surface area contributed by atoms with Gasteiger partial charge in [-0.25, -0.2) is 0 Å². The molecule has 0 atom stereocenters. The van der Waals surface area contributed by atoms with Gasteiger partial charge in [0.1, 0.15) is 0 Å². The highest BCUT2D eigenvalue weighted by Gasteiger charge is 1.98. The van der Waals surface area contributed by atoms with Crippen molar-refractivity contribution < 1.29 is 5.21 Å². The van der Waals surface area contributed by atoms with Gasteiger partial charge in [-0.05, 0) is 12.1 Å². The third-order valence-corrected chi connectivity index (χ3v) is 1.43. The van der Waals surface area contributed by atoms with Crippen molar-refractivity contribution in [1.82, 2.24) is 4.73 Å². The summed E-state index contributed by atoms with van der Waals surface area (Å²) in [5, 5.41) is 16.4. The molecule has 1 heterocycles. The second-order valence-electron chi connectivity index (χ2n) is 2.48. The summed E-state index contributed by atoms with van der Waals surface area (Å²) in [5.74, 6) is 0. The number of nitrogens with one attached hydrogen (secondary N) is 1. The van der Waals surface area contributed by atoms with E-state index in [1.807, 2.05) is 14.1 Å². The molecule has 4 heteroatoms.